The average Bonchev–Trinajstić information content (AvgIpc) is 2.29. The lowest BCUT2D eigenvalue weighted by Crippen LogP contribution is -2.33. The monoisotopic (exact) mass is 238 g/mol. The van der Waals surface area contributed by atoms with E-state index in [1.54, 1.807) is 7.11 Å². The Balaban J connectivity index is 2.59. The first-order valence-electron chi connectivity index (χ1n) is 5.77. The van der Waals surface area contributed by atoms with E-state index in [2.05, 4.69) is 11.0 Å². The summed E-state index contributed by atoms with van der Waals surface area (Å²) in [5.74, 6) is 0.901. The number of aryl methyl sites for hydroxylation is 1. The van der Waals surface area contributed by atoms with Crippen molar-refractivity contribution in [1.82, 2.24) is 4.90 Å². The minimum atomic E-state index is -0.459. The molecule has 4 heteroatoms. The fourth-order valence-electron chi connectivity index (χ4n) is 1.85. The molecule has 0 saturated carbocycles. The standard InChI is InChI=1S/C13H22N2O2/c1-10-6-11(4-5-13(10)17-3)8-15(2)9-12(16)7-14/h4-6,12,16H,7-9,14H2,1-3H3. The van der Waals surface area contributed by atoms with Crippen LogP contribution in [0.1, 0.15) is 11.1 Å². The van der Waals surface area contributed by atoms with Gasteiger partial charge >= 0.3 is 0 Å². The molecular weight excluding hydrogens is 216 g/mol. The van der Waals surface area contributed by atoms with Crippen LogP contribution < -0.4 is 10.5 Å². The highest BCUT2D eigenvalue weighted by molar-refractivity contribution is 5.36. The zero-order valence-corrected chi connectivity index (χ0v) is 10.8. The molecule has 0 saturated heterocycles. The molecule has 0 heterocycles. The number of hydrogen-bond acceptors (Lipinski definition) is 4. The first-order valence-corrected chi connectivity index (χ1v) is 5.77. The third kappa shape index (κ3) is 4.34. The van der Waals surface area contributed by atoms with E-state index in [-0.39, 0.29) is 0 Å². The molecule has 0 aliphatic heterocycles. The summed E-state index contributed by atoms with van der Waals surface area (Å²) in [6.45, 7) is 3.70. The van der Waals surface area contributed by atoms with Gasteiger partial charge in [0.05, 0.1) is 13.2 Å². The summed E-state index contributed by atoms with van der Waals surface area (Å²) in [4.78, 5) is 2.05. The number of nitrogens with two attached hydrogens (primary N) is 1. The summed E-state index contributed by atoms with van der Waals surface area (Å²) in [6.07, 6.45) is -0.459. The molecule has 1 rings (SSSR count). The van der Waals surface area contributed by atoms with Gasteiger partial charge in [-0.15, -0.1) is 0 Å². The van der Waals surface area contributed by atoms with Gasteiger partial charge in [-0.2, -0.15) is 0 Å². The second-order valence-corrected chi connectivity index (χ2v) is 4.39. The second-order valence-electron chi connectivity index (χ2n) is 4.39. The van der Waals surface area contributed by atoms with E-state index < -0.39 is 6.10 Å². The topological polar surface area (TPSA) is 58.7 Å². The molecule has 0 aromatic heterocycles. The number of methoxy groups -OCH3 is 1. The average molecular weight is 238 g/mol. The molecule has 0 bridgehead atoms. The van der Waals surface area contributed by atoms with Crippen molar-refractivity contribution in [3.05, 3.63) is 29.3 Å². The van der Waals surface area contributed by atoms with E-state index >= 15 is 0 Å². The fraction of sp³-hybridized carbons (Fsp3) is 0.538. The number of hydrogen-bond donors (Lipinski definition) is 2. The van der Waals surface area contributed by atoms with Crippen LogP contribution in [0.25, 0.3) is 0 Å². The summed E-state index contributed by atoms with van der Waals surface area (Å²) >= 11 is 0. The normalized spacial score (nSPS) is 12.8. The van der Waals surface area contributed by atoms with Gasteiger partial charge in [-0.25, -0.2) is 0 Å². The summed E-state index contributed by atoms with van der Waals surface area (Å²) in [5, 5.41) is 9.46. The molecule has 1 aromatic carbocycles. The molecular formula is C13H22N2O2. The molecule has 96 valence electrons. The van der Waals surface area contributed by atoms with E-state index in [1.807, 2.05) is 26.1 Å². The zero-order valence-electron chi connectivity index (χ0n) is 10.8. The SMILES string of the molecule is COc1ccc(CN(C)CC(O)CN)cc1C. The molecule has 0 radical (unpaired) electrons. The number of benzene rings is 1. The minimum absolute atomic E-state index is 0.298. The van der Waals surface area contributed by atoms with Crippen LogP contribution in [0.2, 0.25) is 0 Å². The molecule has 3 N–H and O–H groups in total. The van der Waals surface area contributed by atoms with E-state index in [1.165, 1.54) is 5.56 Å². The van der Waals surface area contributed by atoms with Crippen molar-refractivity contribution in [2.75, 3.05) is 27.2 Å². The molecule has 1 aromatic rings. The lowest BCUT2D eigenvalue weighted by atomic mass is 10.1. The van der Waals surface area contributed by atoms with E-state index in [0.717, 1.165) is 17.9 Å². The highest BCUT2D eigenvalue weighted by Crippen LogP contribution is 2.19. The van der Waals surface area contributed by atoms with E-state index in [4.69, 9.17) is 10.5 Å². The van der Waals surface area contributed by atoms with Gasteiger partial charge in [-0.1, -0.05) is 12.1 Å². The van der Waals surface area contributed by atoms with Crippen LogP contribution >= 0.6 is 0 Å². The Morgan fingerprint density at radius 2 is 2.18 bits per heavy atom. The van der Waals surface area contributed by atoms with Crippen molar-refractivity contribution in [3.8, 4) is 5.75 Å². The molecule has 17 heavy (non-hydrogen) atoms. The largest absolute Gasteiger partial charge is 0.496 e. The number of ether oxygens (including phenoxy) is 1. The summed E-state index contributed by atoms with van der Waals surface area (Å²) in [7, 11) is 3.64. The lowest BCUT2D eigenvalue weighted by molar-refractivity contribution is 0.129. The van der Waals surface area contributed by atoms with Gasteiger partial charge in [0.25, 0.3) is 0 Å². The smallest absolute Gasteiger partial charge is 0.121 e. The van der Waals surface area contributed by atoms with Gasteiger partial charge in [0.15, 0.2) is 0 Å². The first-order chi connectivity index (χ1) is 8.06. The highest BCUT2D eigenvalue weighted by atomic mass is 16.5. The summed E-state index contributed by atoms with van der Waals surface area (Å²) in [6, 6.07) is 6.11. The van der Waals surface area contributed by atoms with Crippen LogP contribution in [-0.2, 0) is 6.54 Å². The maximum atomic E-state index is 9.46. The van der Waals surface area contributed by atoms with E-state index in [9.17, 15) is 5.11 Å². The molecule has 0 amide bonds. The number of aliphatic hydroxyl groups excluding tert-OH is 1. The van der Waals surface area contributed by atoms with Crippen molar-refractivity contribution >= 4 is 0 Å². The molecule has 0 aliphatic rings. The van der Waals surface area contributed by atoms with Crippen molar-refractivity contribution in [2.24, 2.45) is 5.73 Å². The fourth-order valence-corrected chi connectivity index (χ4v) is 1.85. The van der Waals surface area contributed by atoms with Gasteiger partial charge in [0, 0.05) is 19.6 Å². The quantitative estimate of drug-likeness (QED) is 0.768. The summed E-state index contributed by atoms with van der Waals surface area (Å²) in [5.41, 5.74) is 7.71. The zero-order chi connectivity index (χ0) is 12.8. The van der Waals surface area contributed by atoms with Gasteiger partial charge in [0.1, 0.15) is 5.75 Å². The predicted octanol–water partition coefficient (Wildman–Crippen LogP) is 0.755. The first kappa shape index (κ1) is 14.0. The molecule has 1 unspecified atom stereocenters. The minimum Gasteiger partial charge on any atom is -0.496 e. The Morgan fingerprint density at radius 1 is 1.47 bits per heavy atom. The Morgan fingerprint density at radius 3 is 2.71 bits per heavy atom. The van der Waals surface area contributed by atoms with Crippen LogP contribution in [0.3, 0.4) is 0 Å². The highest BCUT2D eigenvalue weighted by Gasteiger charge is 2.07. The van der Waals surface area contributed by atoms with E-state index in [0.29, 0.717) is 13.1 Å². The van der Waals surface area contributed by atoms with Gasteiger partial charge in [0.2, 0.25) is 0 Å². The Labute approximate surface area is 103 Å². The van der Waals surface area contributed by atoms with Gasteiger partial charge < -0.3 is 15.6 Å². The molecule has 0 fully saturated rings. The van der Waals surface area contributed by atoms with Crippen LogP contribution in [0.5, 0.6) is 5.75 Å². The molecule has 0 spiro atoms. The van der Waals surface area contributed by atoms with Crippen LogP contribution in [-0.4, -0.2) is 43.4 Å². The van der Waals surface area contributed by atoms with Crippen LogP contribution in [0.15, 0.2) is 18.2 Å². The third-order valence-electron chi connectivity index (χ3n) is 2.71. The van der Waals surface area contributed by atoms with Gasteiger partial charge in [-0.05, 0) is 31.2 Å². The van der Waals surface area contributed by atoms with Crippen molar-refractivity contribution < 1.29 is 9.84 Å². The van der Waals surface area contributed by atoms with Gasteiger partial charge in [-0.3, -0.25) is 4.90 Å². The van der Waals surface area contributed by atoms with Crippen molar-refractivity contribution in [1.29, 1.82) is 0 Å². The number of rotatable bonds is 6. The molecule has 4 nitrogen and oxygen atoms in total. The maximum absolute atomic E-state index is 9.46. The summed E-state index contributed by atoms with van der Waals surface area (Å²) < 4.78 is 5.22. The van der Waals surface area contributed by atoms with Crippen LogP contribution in [0.4, 0.5) is 0 Å². The number of nitrogens with zero attached hydrogens (tertiary/aromatic N) is 1. The van der Waals surface area contributed by atoms with Crippen LogP contribution in [0, 0.1) is 6.92 Å². The van der Waals surface area contributed by atoms with Crippen molar-refractivity contribution in [3.63, 3.8) is 0 Å². The second kappa shape index (κ2) is 6.59. The lowest BCUT2D eigenvalue weighted by Gasteiger charge is -2.20. The maximum Gasteiger partial charge on any atom is 0.121 e. The number of aliphatic hydroxyl groups is 1. The third-order valence-corrected chi connectivity index (χ3v) is 2.71. The molecule has 1 atom stereocenters. The Bertz CT molecular complexity index is 355. The van der Waals surface area contributed by atoms with Crippen molar-refractivity contribution in [2.45, 2.75) is 19.6 Å². The Kier molecular flexibility index (Phi) is 5.41. The molecule has 0 aliphatic carbocycles. The predicted molar refractivity (Wildman–Crippen MR) is 69.1 cm³/mol. The Hall–Kier alpha value is -1.10. The number of likely N-dealkylation sites (N-methyl/N-ethyl adjacent to an activating group) is 1.